The number of imidazole rings is 1. The van der Waals surface area contributed by atoms with Gasteiger partial charge in [0.1, 0.15) is 12.4 Å². The molecule has 26 heavy (non-hydrogen) atoms. The Kier molecular flexibility index (Phi) is 4.87. The molecule has 0 spiro atoms. The van der Waals surface area contributed by atoms with Gasteiger partial charge in [0, 0.05) is 13.0 Å². The minimum absolute atomic E-state index is 0.0000426. The molecule has 1 unspecified atom stereocenters. The van der Waals surface area contributed by atoms with Gasteiger partial charge in [0.05, 0.1) is 5.92 Å². The van der Waals surface area contributed by atoms with Gasteiger partial charge in [-0.15, -0.1) is 0 Å². The molecule has 1 aliphatic rings. The standard InChI is InChI=1S/C17H17N3O6/c21-15(22)11-6-7-12-18-14(13(16(23)24)20(12)8-11)19-17(25)26-9-10-4-2-1-3-5-10/h1-5,11H,6-9H2,(H,19,25)(H,21,22)(H,23,24). The summed E-state index contributed by atoms with van der Waals surface area (Å²) in [6.45, 7) is 0.0315. The second-order valence-electron chi connectivity index (χ2n) is 5.90. The minimum Gasteiger partial charge on any atom is -0.481 e. The van der Waals surface area contributed by atoms with Gasteiger partial charge in [-0.25, -0.2) is 14.6 Å². The van der Waals surface area contributed by atoms with Gasteiger partial charge in [-0.3, -0.25) is 10.1 Å². The van der Waals surface area contributed by atoms with E-state index in [1.54, 1.807) is 24.3 Å². The van der Waals surface area contributed by atoms with Crippen molar-refractivity contribution in [3.05, 3.63) is 47.4 Å². The number of aromatic carboxylic acids is 1. The average Bonchev–Trinajstić information content (AvgIpc) is 2.97. The lowest BCUT2D eigenvalue weighted by Gasteiger charge is -2.21. The number of aliphatic carboxylic acids is 1. The Balaban J connectivity index is 1.74. The highest BCUT2D eigenvalue weighted by atomic mass is 16.5. The zero-order valence-corrected chi connectivity index (χ0v) is 13.7. The summed E-state index contributed by atoms with van der Waals surface area (Å²) >= 11 is 0. The van der Waals surface area contributed by atoms with E-state index < -0.39 is 23.9 Å². The molecular formula is C17H17N3O6. The van der Waals surface area contributed by atoms with Gasteiger partial charge in [-0.2, -0.15) is 0 Å². The first-order valence-electron chi connectivity index (χ1n) is 7.99. The van der Waals surface area contributed by atoms with Crippen LogP contribution in [0, 0.1) is 5.92 Å². The summed E-state index contributed by atoms with van der Waals surface area (Å²) in [6, 6.07) is 9.03. The molecule has 2 aromatic rings. The van der Waals surface area contributed by atoms with Crippen molar-refractivity contribution in [3.63, 3.8) is 0 Å². The lowest BCUT2D eigenvalue weighted by Crippen LogP contribution is -2.28. The molecule has 1 atom stereocenters. The molecule has 3 rings (SSSR count). The molecule has 3 N–H and O–H groups in total. The van der Waals surface area contributed by atoms with E-state index in [0.29, 0.717) is 18.7 Å². The van der Waals surface area contributed by atoms with Crippen LogP contribution in [-0.2, 0) is 29.1 Å². The fourth-order valence-electron chi connectivity index (χ4n) is 2.86. The highest BCUT2D eigenvalue weighted by Crippen LogP contribution is 2.26. The van der Waals surface area contributed by atoms with E-state index in [1.807, 2.05) is 6.07 Å². The summed E-state index contributed by atoms with van der Waals surface area (Å²) in [4.78, 5) is 38.9. The lowest BCUT2D eigenvalue weighted by atomic mass is 9.99. The Bertz CT molecular complexity index is 846. The number of carbonyl (C=O) groups excluding carboxylic acids is 1. The topological polar surface area (TPSA) is 131 Å². The fraction of sp³-hybridized carbons (Fsp3) is 0.294. The van der Waals surface area contributed by atoms with Crippen LogP contribution in [0.3, 0.4) is 0 Å². The van der Waals surface area contributed by atoms with Crippen LogP contribution >= 0.6 is 0 Å². The number of anilines is 1. The largest absolute Gasteiger partial charge is 0.481 e. The number of nitrogens with zero attached hydrogens (tertiary/aromatic N) is 2. The van der Waals surface area contributed by atoms with Crippen molar-refractivity contribution in [1.29, 1.82) is 0 Å². The third kappa shape index (κ3) is 3.66. The predicted molar refractivity (Wildman–Crippen MR) is 88.9 cm³/mol. The van der Waals surface area contributed by atoms with Gasteiger partial charge in [0.2, 0.25) is 0 Å². The van der Waals surface area contributed by atoms with E-state index in [1.165, 1.54) is 4.57 Å². The van der Waals surface area contributed by atoms with Crippen molar-refractivity contribution < 1.29 is 29.3 Å². The van der Waals surface area contributed by atoms with E-state index >= 15 is 0 Å². The van der Waals surface area contributed by atoms with Crippen molar-refractivity contribution in [1.82, 2.24) is 9.55 Å². The van der Waals surface area contributed by atoms with Gasteiger partial charge in [0.25, 0.3) is 0 Å². The highest BCUT2D eigenvalue weighted by molar-refractivity contribution is 5.96. The number of hydrogen-bond donors (Lipinski definition) is 3. The number of rotatable bonds is 5. The number of nitrogens with one attached hydrogen (secondary N) is 1. The van der Waals surface area contributed by atoms with Gasteiger partial charge < -0.3 is 19.5 Å². The van der Waals surface area contributed by atoms with Crippen molar-refractivity contribution in [3.8, 4) is 0 Å². The van der Waals surface area contributed by atoms with Crippen LogP contribution in [0.5, 0.6) is 0 Å². The molecule has 136 valence electrons. The molecule has 0 fully saturated rings. The van der Waals surface area contributed by atoms with Gasteiger partial charge in [-0.05, 0) is 12.0 Å². The molecule has 0 aliphatic carbocycles. The first-order chi connectivity index (χ1) is 12.5. The highest BCUT2D eigenvalue weighted by Gasteiger charge is 2.31. The lowest BCUT2D eigenvalue weighted by molar-refractivity contribution is -0.142. The molecule has 1 aliphatic heterocycles. The Morgan fingerprint density at radius 3 is 2.62 bits per heavy atom. The number of ether oxygens (including phenoxy) is 1. The summed E-state index contributed by atoms with van der Waals surface area (Å²) < 4.78 is 6.40. The van der Waals surface area contributed by atoms with Crippen molar-refractivity contribution >= 4 is 23.8 Å². The number of carboxylic acids is 2. The van der Waals surface area contributed by atoms with Crippen molar-refractivity contribution in [2.75, 3.05) is 5.32 Å². The smallest absolute Gasteiger partial charge is 0.413 e. The van der Waals surface area contributed by atoms with Gasteiger partial charge >= 0.3 is 18.0 Å². The van der Waals surface area contributed by atoms with Crippen LogP contribution in [-0.4, -0.2) is 37.8 Å². The van der Waals surface area contributed by atoms with Crippen LogP contribution < -0.4 is 5.32 Å². The summed E-state index contributed by atoms with van der Waals surface area (Å²) in [6.07, 6.45) is -0.150. The van der Waals surface area contributed by atoms with E-state index in [0.717, 1.165) is 5.56 Å². The Morgan fingerprint density at radius 1 is 1.23 bits per heavy atom. The molecule has 0 saturated carbocycles. The SMILES string of the molecule is O=C(Nc1nc2n(c1C(=O)O)CC(C(=O)O)CC2)OCc1ccccc1. The Morgan fingerprint density at radius 2 is 1.96 bits per heavy atom. The van der Waals surface area contributed by atoms with E-state index in [-0.39, 0.29) is 24.7 Å². The Labute approximate surface area is 148 Å². The van der Waals surface area contributed by atoms with E-state index in [4.69, 9.17) is 9.84 Å². The number of hydrogen-bond acceptors (Lipinski definition) is 5. The average molecular weight is 359 g/mol. The fourth-order valence-corrected chi connectivity index (χ4v) is 2.86. The summed E-state index contributed by atoms with van der Waals surface area (Å²) in [5.74, 6) is -2.69. The van der Waals surface area contributed by atoms with Crippen LogP contribution in [0.1, 0.15) is 28.3 Å². The molecule has 9 heteroatoms. The maximum absolute atomic E-state index is 12.0. The first kappa shape index (κ1) is 17.5. The number of aromatic nitrogens is 2. The van der Waals surface area contributed by atoms with E-state index in [9.17, 15) is 19.5 Å². The molecule has 9 nitrogen and oxygen atoms in total. The van der Waals surface area contributed by atoms with Crippen LogP contribution in [0.4, 0.5) is 10.6 Å². The number of carbonyl (C=O) groups is 3. The maximum Gasteiger partial charge on any atom is 0.413 e. The molecule has 1 amide bonds. The second-order valence-corrected chi connectivity index (χ2v) is 5.90. The van der Waals surface area contributed by atoms with Crippen LogP contribution in [0.2, 0.25) is 0 Å². The number of amides is 1. The minimum atomic E-state index is -1.30. The van der Waals surface area contributed by atoms with Crippen molar-refractivity contribution in [2.24, 2.45) is 5.92 Å². The number of fused-ring (bicyclic) bond motifs is 1. The van der Waals surface area contributed by atoms with Gasteiger partial charge in [0.15, 0.2) is 11.5 Å². The normalized spacial score (nSPS) is 15.8. The third-order valence-corrected chi connectivity index (χ3v) is 4.15. The Hall–Kier alpha value is -3.36. The molecule has 1 aromatic heterocycles. The second kappa shape index (κ2) is 7.26. The third-order valence-electron chi connectivity index (χ3n) is 4.15. The van der Waals surface area contributed by atoms with E-state index in [2.05, 4.69) is 10.3 Å². The molecular weight excluding hydrogens is 342 g/mol. The number of benzene rings is 1. The predicted octanol–water partition coefficient (Wildman–Crippen LogP) is 1.98. The zero-order chi connectivity index (χ0) is 18.7. The van der Waals surface area contributed by atoms with Crippen molar-refractivity contribution in [2.45, 2.75) is 26.0 Å². The van der Waals surface area contributed by atoms with Crippen LogP contribution in [0.15, 0.2) is 30.3 Å². The first-order valence-corrected chi connectivity index (χ1v) is 7.99. The molecule has 0 saturated heterocycles. The number of carboxylic acid groups (broad SMARTS) is 2. The van der Waals surface area contributed by atoms with Gasteiger partial charge in [-0.1, -0.05) is 30.3 Å². The quantitative estimate of drug-likeness (QED) is 0.744. The summed E-state index contributed by atoms with van der Waals surface area (Å²) in [7, 11) is 0. The summed E-state index contributed by atoms with van der Waals surface area (Å²) in [5.41, 5.74) is 0.539. The molecule has 2 heterocycles. The van der Waals surface area contributed by atoms with Crippen LogP contribution in [0.25, 0.3) is 0 Å². The molecule has 1 aromatic carbocycles. The summed E-state index contributed by atoms with van der Waals surface area (Å²) in [5, 5.41) is 21.0. The molecule has 0 radical (unpaired) electrons. The number of aryl methyl sites for hydroxylation is 1. The zero-order valence-electron chi connectivity index (χ0n) is 13.7. The molecule has 0 bridgehead atoms. The maximum atomic E-state index is 12.0. The monoisotopic (exact) mass is 359 g/mol.